The van der Waals surface area contributed by atoms with Gasteiger partial charge in [-0.25, -0.2) is 0 Å². The van der Waals surface area contributed by atoms with Crippen molar-refractivity contribution in [3.63, 3.8) is 0 Å². The van der Waals surface area contributed by atoms with Crippen LogP contribution < -0.4 is 5.32 Å². The number of benzene rings is 1. The molecule has 120 valence electrons. The molecule has 7 heteroatoms. The topological polar surface area (TPSA) is 41.6 Å². The largest absolute Gasteiger partial charge is 0.416 e. The number of nitrogens with zero attached hydrogens (tertiary/aromatic N) is 1. The minimum Gasteiger partial charge on any atom is -0.369 e. The third-order valence-electron chi connectivity index (χ3n) is 4.34. The summed E-state index contributed by atoms with van der Waals surface area (Å²) in [5, 5.41) is 3.17. The van der Waals surface area contributed by atoms with Crippen LogP contribution in [0.2, 0.25) is 0 Å². The first kappa shape index (κ1) is 15.3. The number of ether oxygens (including phenoxy) is 1. The Morgan fingerprint density at radius 3 is 2.77 bits per heavy atom. The van der Waals surface area contributed by atoms with Crippen LogP contribution in [0, 0.1) is 0 Å². The first-order chi connectivity index (χ1) is 10.4. The molecule has 1 unspecified atom stereocenters. The molecule has 0 aliphatic carbocycles. The van der Waals surface area contributed by atoms with Gasteiger partial charge >= 0.3 is 6.18 Å². The lowest BCUT2D eigenvalue weighted by molar-refractivity contribution is -0.159. The molecule has 4 nitrogen and oxygen atoms in total. The normalized spacial score (nSPS) is 26.0. The van der Waals surface area contributed by atoms with Crippen LogP contribution in [0.4, 0.5) is 13.2 Å². The van der Waals surface area contributed by atoms with Gasteiger partial charge in [-0.05, 0) is 24.6 Å². The van der Waals surface area contributed by atoms with Crippen molar-refractivity contribution in [1.82, 2.24) is 10.2 Å². The van der Waals surface area contributed by atoms with E-state index in [9.17, 15) is 18.0 Å². The van der Waals surface area contributed by atoms with Crippen molar-refractivity contribution in [3.05, 3.63) is 35.4 Å². The van der Waals surface area contributed by atoms with E-state index in [-0.39, 0.29) is 24.6 Å². The quantitative estimate of drug-likeness (QED) is 0.905. The molecule has 0 bridgehead atoms. The van der Waals surface area contributed by atoms with Gasteiger partial charge < -0.3 is 15.0 Å². The van der Waals surface area contributed by atoms with Gasteiger partial charge in [-0.2, -0.15) is 13.2 Å². The maximum Gasteiger partial charge on any atom is 0.416 e. The summed E-state index contributed by atoms with van der Waals surface area (Å²) in [4.78, 5) is 13.8. The molecule has 2 aliphatic rings. The molecule has 2 fully saturated rings. The molecule has 2 heterocycles. The molecule has 1 spiro atoms. The molecule has 0 radical (unpaired) electrons. The highest BCUT2D eigenvalue weighted by molar-refractivity contribution is 5.79. The Hall–Kier alpha value is -1.60. The Kier molecular flexibility index (Phi) is 3.86. The molecule has 22 heavy (non-hydrogen) atoms. The Morgan fingerprint density at radius 1 is 1.32 bits per heavy atom. The maximum atomic E-state index is 13.1. The second-order valence-corrected chi connectivity index (χ2v) is 5.78. The van der Waals surface area contributed by atoms with Crippen LogP contribution in [0.15, 0.2) is 24.3 Å². The Morgan fingerprint density at radius 2 is 2.09 bits per heavy atom. The van der Waals surface area contributed by atoms with Crippen LogP contribution >= 0.6 is 0 Å². The number of rotatable bonds is 2. The predicted octanol–water partition coefficient (Wildman–Crippen LogP) is 1.80. The van der Waals surface area contributed by atoms with Gasteiger partial charge in [0, 0.05) is 13.1 Å². The first-order valence-corrected chi connectivity index (χ1v) is 7.16. The molecule has 0 saturated carbocycles. The molecule has 1 atom stereocenters. The number of amides is 1. The van der Waals surface area contributed by atoms with E-state index in [1.807, 2.05) is 0 Å². The first-order valence-electron chi connectivity index (χ1n) is 7.16. The number of halogens is 3. The fourth-order valence-electron chi connectivity index (χ4n) is 3.19. The van der Waals surface area contributed by atoms with Gasteiger partial charge in [0.05, 0.1) is 17.7 Å². The molecule has 1 aromatic carbocycles. The third-order valence-corrected chi connectivity index (χ3v) is 4.34. The van der Waals surface area contributed by atoms with Crippen molar-refractivity contribution in [3.8, 4) is 0 Å². The fraction of sp³-hybridized carbons (Fsp3) is 0.533. The summed E-state index contributed by atoms with van der Waals surface area (Å²) in [6.45, 7) is 1.52. The lowest BCUT2D eigenvalue weighted by Gasteiger charge is -2.44. The van der Waals surface area contributed by atoms with Crippen LogP contribution in [-0.4, -0.2) is 42.6 Å². The summed E-state index contributed by atoms with van der Waals surface area (Å²) in [6.07, 6.45) is -3.74. The second-order valence-electron chi connectivity index (χ2n) is 5.78. The maximum absolute atomic E-state index is 13.1. The molecule has 1 N–H and O–H groups in total. The van der Waals surface area contributed by atoms with Crippen LogP contribution in [-0.2, 0) is 22.3 Å². The second kappa shape index (κ2) is 5.55. The molecule has 2 saturated heterocycles. The predicted molar refractivity (Wildman–Crippen MR) is 73.0 cm³/mol. The van der Waals surface area contributed by atoms with E-state index in [0.29, 0.717) is 19.6 Å². The summed E-state index contributed by atoms with van der Waals surface area (Å²) in [5.74, 6) is -0.257. The van der Waals surface area contributed by atoms with Gasteiger partial charge in [0.15, 0.2) is 0 Å². The van der Waals surface area contributed by atoms with Crippen molar-refractivity contribution in [2.24, 2.45) is 0 Å². The molecular weight excluding hydrogens is 297 g/mol. The van der Waals surface area contributed by atoms with Crippen molar-refractivity contribution in [1.29, 1.82) is 0 Å². The highest BCUT2D eigenvalue weighted by Gasteiger charge is 2.46. The summed E-state index contributed by atoms with van der Waals surface area (Å²) in [7, 11) is 0. The lowest BCUT2D eigenvalue weighted by Crippen LogP contribution is -2.60. The number of alkyl halides is 3. The van der Waals surface area contributed by atoms with E-state index in [0.717, 1.165) is 12.6 Å². The SMILES string of the molecule is O=C1COCC2(CCNC2)N1Cc1ccccc1C(F)(F)F. The number of carbonyl (C=O) groups excluding carboxylic acids is 1. The lowest BCUT2D eigenvalue weighted by atomic mass is 9.94. The average Bonchev–Trinajstić information content (AvgIpc) is 2.92. The van der Waals surface area contributed by atoms with E-state index in [2.05, 4.69) is 5.32 Å². The molecule has 2 aliphatic heterocycles. The number of carbonyl (C=O) groups is 1. The van der Waals surface area contributed by atoms with E-state index in [4.69, 9.17) is 4.74 Å². The minimum atomic E-state index is -4.42. The summed E-state index contributed by atoms with van der Waals surface area (Å²) in [5.41, 5.74) is -1.10. The Labute approximate surface area is 126 Å². The van der Waals surface area contributed by atoms with Crippen LogP contribution in [0.1, 0.15) is 17.5 Å². The smallest absolute Gasteiger partial charge is 0.369 e. The molecule has 0 aromatic heterocycles. The number of hydrogen-bond donors (Lipinski definition) is 1. The zero-order valence-electron chi connectivity index (χ0n) is 11.9. The summed E-state index contributed by atoms with van der Waals surface area (Å²) in [6, 6.07) is 5.41. The Bertz CT molecular complexity index is 568. The standard InChI is InChI=1S/C15H17F3N2O2/c16-15(17,18)12-4-2-1-3-11(12)7-20-13(21)8-22-10-14(20)5-6-19-9-14/h1-4,19H,5-10H2. The zero-order chi connectivity index (χ0) is 15.8. The minimum absolute atomic E-state index is 0.0421. The van der Waals surface area contributed by atoms with E-state index < -0.39 is 17.3 Å². The number of nitrogens with one attached hydrogen (secondary N) is 1. The highest BCUT2D eigenvalue weighted by Crippen LogP contribution is 2.35. The molecule has 1 aromatic rings. The fourth-order valence-corrected chi connectivity index (χ4v) is 3.19. The van der Waals surface area contributed by atoms with Gasteiger partial charge in [0.1, 0.15) is 6.61 Å². The van der Waals surface area contributed by atoms with Gasteiger partial charge in [0.2, 0.25) is 5.91 Å². The van der Waals surface area contributed by atoms with E-state index in [1.54, 1.807) is 11.0 Å². The van der Waals surface area contributed by atoms with E-state index >= 15 is 0 Å². The van der Waals surface area contributed by atoms with Crippen molar-refractivity contribution in [2.45, 2.75) is 24.7 Å². The van der Waals surface area contributed by atoms with Crippen molar-refractivity contribution >= 4 is 5.91 Å². The molecular formula is C15H17F3N2O2. The van der Waals surface area contributed by atoms with Gasteiger partial charge in [-0.1, -0.05) is 18.2 Å². The molecule has 3 rings (SSSR count). The van der Waals surface area contributed by atoms with Crippen LogP contribution in [0.3, 0.4) is 0 Å². The van der Waals surface area contributed by atoms with Gasteiger partial charge in [0.25, 0.3) is 0 Å². The third kappa shape index (κ3) is 2.70. The average molecular weight is 314 g/mol. The molecule has 1 amide bonds. The van der Waals surface area contributed by atoms with Crippen molar-refractivity contribution < 1.29 is 22.7 Å². The van der Waals surface area contributed by atoms with Crippen molar-refractivity contribution in [2.75, 3.05) is 26.3 Å². The highest BCUT2D eigenvalue weighted by atomic mass is 19.4. The summed E-state index contributed by atoms with van der Waals surface area (Å²) >= 11 is 0. The number of hydrogen-bond acceptors (Lipinski definition) is 3. The zero-order valence-corrected chi connectivity index (χ0v) is 11.9. The number of morpholine rings is 1. The van der Waals surface area contributed by atoms with E-state index in [1.165, 1.54) is 12.1 Å². The monoisotopic (exact) mass is 314 g/mol. The van der Waals surface area contributed by atoms with Gasteiger partial charge in [-0.15, -0.1) is 0 Å². The Balaban J connectivity index is 1.92. The van der Waals surface area contributed by atoms with Crippen LogP contribution in [0.5, 0.6) is 0 Å². The summed E-state index contributed by atoms with van der Waals surface area (Å²) < 4.78 is 44.7. The van der Waals surface area contributed by atoms with Crippen LogP contribution in [0.25, 0.3) is 0 Å². The van der Waals surface area contributed by atoms with Gasteiger partial charge in [-0.3, -0.25) is 4.79 Å².